The van der Waals surface area contributed by atoms with E-state index in [-0.39, 0.29) is 30.4 Å². The van der Waals surface area contributed by atoms with Gasteiger partial charge in [0.05, 0.1) is 14.9 Å². The highest BCUT2D eigenvalue weighted by atomic mass is 16.7. The van der Waals surface area contributed by atoms with Gasteiger partial charge in [-0.3, -0.25) is 9.59 Å². The van der Waals surface area contributed by atoms with Gasteiger partial charge in [-0.2, -0.15) is 0 Å². The third-order valence-electron chi connectivity index (χ3n) is 8.82. The molecule has 3 saturated carbocycles. The number of ketones is 2. The highest BCUT2D eigenvalue weighted by molar-refractivity contribution is 6.01. The zero-order valence-corrected chi connectivity index (χ0v) is 18.3. The molecular formula is C25H34O6. The van der Waals surface area contributed by atoms with Crippen molar-refractivity contribution in [3.05, 3.63) is 23.8 Å². The van der Waals surface area contributed by atoms with E-state index in [0.717, 1.165) is 6.42 Å². The monoisotopic (exact) mass is 434 g/mol. The first-order chi connectivity index (χ1) is 16.3. The van der Waals surface area contributed by atoms with Gasteiger partial charge in [-0.15, -0.1) is 0 Å². The lowest BCUT2D eigenvalue weighted by atomic mass is 9.46. The Hall–Kier alpha value is -1.34. The minimum atomic E-state index is -2.00. The van der Waals surface area contributed by atoms with Crippen molar-refractivity contribution in [1.82, 2.24) is 0 Å². The van der Waals surface area contributed by atoms with Crippen LogP contribution in [-0.4, -0.2) is 52.5 Å². The molecule has 170 valence electrons. The van der Waals surface area contributed by atoms with Crippen molar-refractivity contribution >= 4 is 11.6 Å². The van der Waals surface area contributed by atoms with Gasteiger partial charge in [-0.1, -0.05) is 38.8 Å². The quantitative estimate of drug-likeness (QED) is 0.707. The van der Waals surface area contributed by atoms with Crippen LogP contribution in [0.1, 0.15) is 64.7 Å². The maximum Gasteiger partial charge on any atom is 0.193 e. The summed E-state index contributed by atoms with van der Waals surface area (Å²) in [5.41, 5.74) is -3.49. The number of carbonyl (C=O) groups excluding carboxylic acids is 2. The summed E-state index contributed by atoms with van der Waals surface area (Å²) in [7, 11) is 0. The summed E-state index contributed by atoms with van der Waals surface area (Å²) in [5.74, 6) is -2.50. The van der Waals surface area contributed by atoms with Gasteiger partial charge in [0.25, 0.3) is 0 Å². The number of ether oxygens (including phenoxy) is 2. The van der Waals surface area contributed by atoms with E-state index in [0.29, 0.717) is 12.8 Å². The highest BCUT2D eigenvalue weighted by Crippen LogP contribution is 2.69. The normalized spacial score (nSPS) is 54.5. The number of hydrogen-bond donors (Lipinski definition) is 2. The predicted octanol–water partition coefficient (Wildman–Crippen LogP) is 2.72. The number of aliphatic hydroxyl groups is 2. The molecule has 0 aromatic carbocycles. The summed E-state index contributed by atoms with van der Waals surface area (Å²) in [6.07, 6.45) is -0.837. The summed E-state index contributed by atoms with van der Waals surface area (Å²) in [5, 5.41) is 21.6. The summed E-state index contributed by atoms with van der Waals surface area (Å²) in [6, 6.07) is -0.851. The molecule has 0 aromatic rings. The van der Waals surface area contributed by atoms with Crippen LogP contribution in [0.5, 0.6) is 0 Å². The van der Waals surface area contributed by atoms with Crippen LogP contribution in [0.25, 0.3) is 0 Å². The molecule has 0 spiro atoms. The Morgan fingerprint density at radius 3 is 2.90 bits per heavy atom. The number of allylic oxidation sites excluding steroid dienone is 4. The predicted molar refractivity (Wildman–Crippen MR) is 113 cm³/mol. The van der Waals surface area contributed by atoms with Crippen LogP contribution in [0.3, 0.4) is 0 Å². The van der Waals surface area contributed by atoms with Crippen molar-refractivity contribution in [2.24, 2.45) is 28.6 Å². The molecule has 2 N–H and O–H groups in total. The van der Waals surface area contributed by atoms with Gasteiger partial charge in [-0.05, 0) is 56.0 Å². The number of aliphatic hydroxyl groups excluding tert-OH is 2. The van der Waals surface area contributed by atoms with E-state index in [2.05, 4.69) is 0 Å². The largest absolute Gasteiger partial charge is 0.393 e. The molecule has 4 fully saturated rings. The molecule has 0 aromatic heterocycles. The highest BCUT2D eigenvalue weighted by Gasteiger charge is 2.75. The van der Waals surface area contributed by atoms with Gasteiger partial charge >= 0.3 is 0 Å². The average molecular weight is 435 g/mol. The maximum atomic E-state index is 13.3. The fraction of sp³-hybridized carbons (Fsp3) is 0.760. The molecule has 0 radical (unpaired) electrons. The number of carbonyl (C=O) groups is 2. The number of rotatable bonds is 4. The molecule has 0 bridgehead atoms. The molecule has 1 saturated heterocycles. The maximum absolute atomic E-state index is 13.3. The minimum absolute atomic E-state index is 0.0226. The van der Waals surface area contributed by atoms with Gasteiger partial charge in [0, 0.05) is 19.5 Å². The topological polar surface area (TPSA) is 93.1 Å². The van der Waals surface area contributed by atoms with E-state index in [9.17, 15) is 19.8 Å². The number of Topliss-reactive ketones (excluding diaryl/α,β-unsaturated/α-hetero) is 1. The molecule has 9 atom stereocenters. The molecule has 5 aliphatic rings. The Morgan fingerprint density at radius 2 is 2.19 bits per heavy atom. The molecule has 1 aliphatic heterocycles. The van der Waals surface area contributed by atoms with Gasteiger partial charge < -0.3 is 19.7 Å². The van der Waals surface area contributed by atoms with Crippen molar-refractivity contribution < 1.29 is 34.8 Å². The van der Waals surface area contributed by atoms with Crippen LogP contribution in [0.4, 0.5) is 0 Å². The third-order valence-corrected chi connectivity index (χ3v) is 8.82. The van der Waals surface area contributed by atoms with Crippen LogP contribution in [0.15, 0.2) is 23.8 Å². The summed E-state index contributed by atoms with van der Waals surface area (Å²) < 4.78 is 46.8. The van der Waals surface area contributed by atoms with E-state index in [1.54, 1.807) is 6.92 Å². The average Bonchev–Trinajstić information content (AvgIpc) is 3.23. The van der Waals surface area contributed by atoms with Crippen LogP contribution in [0.2, 0.25) is 0 Å². The molecule has 1 unspecified atom stereocenters. The molecule has 6 nitrogen and oxygen atoms in total. The Bertz CT molecular complexity index is 1040. The van der Waals surface area contributed by atoms with Crippen LogP contribution < -0.4 is 0 Å². The van der Waals surface area contributed by atoms with Crippen molar-refractivity contribution in [3.63, 3.8) is 0 Å². The van der Waals surface area contributed by atoms with E-state index in [4.69, 9.17) is 15.0 Å². The summed E-state index contributed by atoms with van der Waals surface area (Å²) >= 11 is 0. The summed E-state index contributed by atoms with van der Waals surface area (Å²) in [6.45, 7) is 4.87. The minimum Gasteiger partial charge on any atom is -0.393 e. The Labute approximate surface area is 189 Å². The zero-order valence-electron chi connectivity index (χ0n) is 22.3. The lowest BCUT2D eigenvalue weighted by Gasteiger charge is -2.59. The molecule has 4 aliphatic carbocycles. The standard InChI is InChI=1S/C25H34O6/c1-4-5-21-30-20-11-17-16-7-6-14-10-15(27)8-9-23(14,2)22(16)18(28)12-24(17,3)25(20,31-21)19(29)13-26/h8-10,16-18,20-22,26,28H,4-7,11-13H2,1-3H3/t16-,17-,18-,20+,21?,22+,23-,24-,25+/m0/s1/i6D2,8D,10D. The van der Waals surface area contributed by atoms with Crippen molar-refractivity contribution in [3.8, 4) is 0 Å². The fourth-order valence-electron chi connectivity index (χ4n) is 7.57. The molecule has 31 heavy (non-hydrogen) atoms. The SMILES string of the molecule is [2H]C1=C[C@@]2(C)C(=C([2H])C1=O)C([2H])([2H])C[C@@H]1[C@@H]2[C@@H](O)C[C@@]2(C)[C@H]1C[C@H]1OC(CCC)O[C@]12C(=O)CO. The van der Waals surface area contributed by atoms with Gasteiger partial charge in [0.1, 0.15) is 6.61 Å². The first-order valence-electron chi connectivity index (χ1n) is 13.4. The number of hydrogen-bond acceptors (Lipinski definition) is 6. The van der Waals surface area contributed by atoms with Crippen LogP contribution >= 0.6 is 0 Å². The third kappa shape index (κ3) is 2.65. The van der Waals surface area contributed by atoms with Crippen molar-refractivity contribution in [2.45, 2.75) is 83.3 Å². The second-order valence-corrected chi connectivity index (χ2v) is 10.3. The van der Waals surface area contributed by atoms with E-state index in [1.165, 1.54) is 6.08 Å². The molecule has 6 heteroatoms. The van der Waals surface area contributed by atoms with Gasteiger partial charge in [0.15, 0.2) is 23.5 Å². The van der Waals surface area contributed by atoms with E-state index >= 15 is 0 Å². The molecule has 5 rings (SSSR count). The fourth-order valence-corrected chi connectivity index (χ4v) is 7.57. The van der Waals surface area contributed by atoms with Gasteiger partial charge in [-0.25, -0.2) is 0 Å². The first-order valence-corrected chi connectivity index (χ1v) is 11.4. The Kier molecular flexibility index (Phi) is 3.92. The Balaban J connectivity index is 1.63. The zero-order chi connectivity index (χ0) is 25.7. The van der Waals surface area contributed by atoms with Crippen molar-refractivity contribution in [2.75, 3.05) is 6.61 Å². The van der Waals surface area contributed by atoms with Crippen LogP contribution in [0, 0.1) is 28.6 Å². The number of fused-ring (bicyclic) bond motifs is 7. The lowest BCUT2D eigenvalue weighted by Crippen LogP contribution is -2.63. The van der Waals surface area contributed by atoms with E-state index < -0.39 is 77.4 Å². The molecule has 1 heterocycles. The second-order valence-electron chi connectivity index (χ2n) is 10.3. The molecular weight excluding hydrogens is 396 g/mol. The smallest absolute Gasteiger partial charge is 0.193 e. The lowest BCUT2D eigenvalue weighted by molar-refractivity contribution is -0.200. The molecule has 0 amide bonds. The summed E-state index contributed by atoms with van der Waals surface area (Å²) in [4.78, 5) is 25.7. The second kappa shape index (κ2) is 7.08. The first kappa shape index (κ1) is 17.2. The Morgan fingerprint density at radius 1 is 1.42 bits per heavy atom. The van der Waals surface area contributed by atoms with E-state index in [1.807, 2.05) is 13.8 Å². The van der Waals surface area contributed by atoms with Crippen LogP contribution in [-0.2, 0) is 19.1 Å². The van der Waals surface area contributed by atoms with Gasteiger partial charge in [0.2, 0.25) is 0 Å². The van der Waals surface area contributed by atoms with Crippen molar-refractivity contribution in [1.29, 1.82) is 0 Å².